The second-order valence-corrected chi connectivity index (χ2v) is 4.40. The molecule has 108 valence electrons. The van der Waals surface area contributed by atoms with Gasteiger partial charge >= 0.3 is 0 Å². The van der Waals surface area contributed by atoms with Gasteiger partial charge in [-0.3, -0.25) is 0 Å². The molecule has 3 heterocycles. The summed E-state index contributed by atoms with van der Waals surface area (Å²) in [4.78, 5) is 8.41. The topological polar surface area (TPSA) is 93.3 Å². The van der Waals surface area contributed by atoms with Crippen LogP contribution in [0.15, 0.2) is 22.9 Å². The first-order chi connectivity index (χ1) is 9.26. The van der Waals surface area contributed by atoms with Crippen LogP contribution < -0.4 is 10.1 Å². The van der Waals surface area contributed by atoms with Gasteiger partial charge < -0.3 is 19.7 Å². The molecule has 2 aromatic rings. The number of methoxy groups -OCH3 is 1. The van der Waals surface area contributed by atoms with E-state index < -0.39 is 0 Å². The highest BCUT2D eigenvalue weighted by Gasteiger charge is 2.28. The van der Waals surface area contributed by atoms with Crippen molar-refractivity contribution in [3.63, 3.8) is 0 Å². The zero-order valence-electron chi connectivity index (χ0n) is 10.8. The molecule has 0 aliphatic carbocycles. The lowest BCUT2D eigenvalue weighted by Crippen LogP contribution is -2.15. The van der Waals surface area contributed by atoms with Crippen LogP contribution in [0.5, 0.6) is 5.88 Å². The second-order valence-electron chi connectivity index (χ2n) is 4.40. The lowest BCUT2D eigenvalue weighted by Gasteiger charge is -2.01. The Bertz CT molecular complexity index is 560. The minimum absolute atomic E-state index is 0. The van der Waals surface area contributed by atoms with Crippen molar-refractivity contribution in [2.45, 2.75) is 18.6 Å². The lowest BCUT2D eigenvalue weighted by atomic mass is 10.2. The summed E-state index contributed by atoms with van der Waals surface area (Å²) in [5, 5.41) is 16.5. The van der Waals surface area contributed by atoms with Crippen LogP contribution in [0.25, 0.3) is 11.4 Å². The first-order valence-corrected chi connectivity index (χ1v) is 6.01. The van der Waals surface area contributed by atoms with E-state index in [4.69, 9.17) is 9.26 Å². The van der Waals surface area contributed by atoms with Crippen LogP contribution in [0, 0.1) is 0 Å². The highest BCUT2D eigenvalue weighted by Crippen LogP contribution is 2.24. The average Bonchev–Trinajstić information content (AvgIpc) is 3.07. The van der Waals surface area contributed by atoms with E-state index in [0.29, 0.717) is 30.6 Å². The number of pyridine rings is 1. The van der Waals surface area contributed by atoms with E-state index in [1.165, 1.54) is 0 Å². The van der Waals surface area contributed by atoms with Crippen molar-refractivity contribution in [1.29, 1.82) is 0 Å². The number of β-amino-alcohol motifs (C(OH)–C–C–N with tert-alkyl or cyclic N) is 1. The average molecular weight is 299 g/mol. The number of aromatic nitrogens is 3. The monoisotopic (exact) mass is 298 g/mol. The molecule has 0 saturated carbocycles. The van der Waals surface area contributed by atoms with Crippen molar-refractivity contribution >= 4 is 12.4 Å². The van der Waals surface area contributed by atoms with Gasteiger partial charge in [0.05, 0.1) is 19.3 Å². The molecule has 1 fully saturated rings. The molecule has 0 unspecified atom stereocenters. The molecular weight excluding hydrogens is 284 g/mol. The second kappa shape index (κ2) is 6.17. The Hall–Kier alpha value is -1.70. The molecule has 2 aromatic heterocycles. The summed E-state index contributed by atoms with van der Waals surface area (Å²) in [5.41, 5.74) is 0.759. The van der Waals surface area contributed by atoms with E-state index in [9.17, 15) is 5.11 Å². The number of nitrogens with zero attached hydrogens (tertiary/aromatic N) is 3. The van der Waals surface area contributed by atoms with Crippen molar-refractivity contribution in [1.82, 2.24) is 20.4 Å². The Morgan fingerprint density at radius 1 is 1.45 bits per heavy atom. The normalized spacial score (nSPS) is 21.5. The Labute approximate surface area is 121 Å². The summed E-state index contributed by atoms with van der Waals surface area (Å²) in [6.45, 7) is 0.548. The Morgan fingerprint density at radius 2 is 2.30 bits per heavy atom. The van der Waals surface area contributed by atoms with Gasteiger partial charge in [0.25, 0.3) is 0 Å². The maximum Gasteiger partial charge on any atom is 0.244 e. The van der Waals surface area contributed by atoms with E-state index in [2.05, 4.69) is 20.4 Å². The van der Waals surface area contributed by atoms with E-state index in [-0.39, 0.29) is 24.6 Å². The minimum atomic E-state index is -0.358. The molecule has 3 rings (SSSR count). The summed E-state index contributed by atoms with van der Waals surface area (Å²) in [7, 11) is 1.56. The molecule has 7 nitrogen and oxygen atoms in total. The van der Waals surface area contributed by atoms with Gasteiger partial charge in [0.15, 0.2) is 0 Å². The third kappa shape index (κ3) is 2.90. The molecule has 1 saturated heterocycles. The fourth-order valence-corrected chi connectivity index (χ4v) is 2.03. The Morgan fingerprint density at radius 3 is 2.90 bits per heavy atom. The number of rotatable bonds is 3. The van der Waals surface area contributed by atoms with E-state index >= 15 is 0 Å². The molecular formula is C12H15ClN4O3. The molecule has 0 spiro atoms. The minimum Gasteiger partial charge on any atom is -0.481 e. The summed E-state index contributed by atoms with van der Waals surface area (Å²) in [6, 6.07) is 3.47. The standard InChI is InChI=1S/C12H14N4O3.ClH/c1-18-10-3-2-7(5-14-10)11-15-12(19-16-11)9-4-8(17)6-13-9;/h2-3,5,8-9,13,17H,4,6H2,1H3;1H/t8-,9+;/m0./s1. The molecule has 2 atom stereocenters. The number of hydrogen-bond acceptors (Lipinski definition) is 7. The SMILES string of the molecule is COc1ccc(-c2noc([C@H]3C[C@H](O)CN3)n2)cn1.Cl. The summed E-state index contributed by atoms with van der Waals surface area (Å²) >= 11 is 0. The van der Waals surface area contributed by atoms with Crippen LogP contribution in [0.1, 0.15) is 18.4 Å². The molecule has 0 aromatic carbocycles. The van der Waals surface area contributed by atoms with Gasteiger partial charge in [0.1, 0.15) is 0 Å². The van der Waals surface area contributed by atoms with Gasteiger partial charge in [-0.15, -0.1) is 12.4 Å². The van der Waals surface area contributed by atoms with Gasteiger partial charge in [-0.25, -0.2) is 4.98 Å². The predicted octanol–water partition coefficient (Wildman–Crippen LogP) is 0.957. The number of halogens is 1. The van der Waals surface area contributed by atoms with Crippen molar-refractivity contribution in [2.75, 3.05) is 13.7 Å². The maximum atomic E-state index is 9.47. The zero-order chi connectivity index (χ0) is 13.2. The van der Waals surface area contributed by atoms with E-state index in [1.54, 1.807) is 19.4 Å². The first kappa shape index (κ1) is 14.7. The summed E-state index contributed by atoms with van der Waals surface area (Å²) in [6.07, 6.45) is 1.86. The van der Waals surface area contributed by atoms with Crippen LogP contribution in [0.4, 0.5) is 0 Å². The maximum absolute atomic E-state index is 9.47. The van der Waals surface area contributed by atoms with Crippen molar-refractivity contribution < 1.29 is 14.4 Å². The largest absolute Gasteiger partial charge is 0.481 e. The van der Waals surface area contributed by atoms with E-state index in [0.717, 1.165) is 5.56 Å². The quantitative estimate of drug-likeness (QED) is 0.871. The molecule has 8 heteroatoms. The van der Waals surface area contributed by atoms with Gasteiger partial charge in [-0.2, -0.15) is 4.98 Å². The molecule has 0 amide bonds. The smallest absolute Gasteiger partial charge is 0.244 e. The van der Waals surface area contributed by atoms with Crippen LogP contribution in [0.3, 0.4) is 0 Å². The number of aliphatic hydroxyl groups is 1. The van der Waals surface area contributed by atoms with Crippen molar-refractivity contribution in [3.8, 4) is 17.3 Å². The molecule has 20 heavy (non-hydrogen) atoms. The molecule has 1 aliphatic heterocycles. The third-order valence-corrected chi connectivity index (χ3v) is 3.05. The predicted molar refractivity (Wildman–Crippen MR) is 72.7 cm³/mol. The van der Waals surface area contributed by atoms with E-state index in [1.807, 2.05) is 6.07 Å². The van der Waals surface area contributed by atoms with Crippen LogP contribution >= 0.6 is 12.4 Å². The molecule has 0 bridgehead atoms. The van der Waals surface area contributed by atoms with Crippen LogP contribution in [0.2, 0.25) is 0 Å². The first-order valence-electron chi connectivity index (χ1n) is 6.01. The van der Waals surface area contributed by atoms with Crippen LogP contribution in [-0.4, -0.2) is 40.0 Å². The molecule has 1 aliphatic rings. The number of nitrogens with one attached hydrogen (secondary N) is 1. The summed E-state index contributed by atoms with van der Waals surface area (Å²) < 4.78 is 10.2. The summed E-state index contributed by atoms with van der Waals surface area (Å²) in [5.74, 6) is 1.50. The van der Waals surface area contributed by atoms with Gasteiger partial charge in [0, 0.05) is 24.4 Å². The highest BCUT2D eigenvalue weighted by molar-refractivity contribution is 5.85. The van der Waals surface area contributed by atoms with Crippen molar-refractivity contribution in [2.24, 2.45) is 0 Å². The highest BCUT2D eigenvalue weighted by atomic mass is 35.5. The van der Waals surface area contributed by atoms with Gasteiger partial charge in [-0.05, 0) is 12.5 Å². The molecule has 2 N–H and O–H groups in total. The van der Waals surface area contributed by atoms with Gasteiger partial charge in [-0.1, -0.05) is 5.16 Å². The zero-order valence-corrected chi connectivity index (χ0v) is 11.6. The fourth-order valence-electron chi connectivity index (χ4n) is 2.03. The van der Waals surface area contributed by atoms with Crippen molar-refractivity contribution in [3.05, 3.63) is 24.2 Å². The lowest BCUT2D eigenvalue weighted by molar-refractivity contribution is 0.191. The number of hydrogen-bond donors (Lipinski definition) is 2. The fraction of sp³-hybridized carbons (Fsp3) is 0.417. The third-order valence-electron chi connectivity index (χ3n) is 3.05. The van der Waals surface area contributed by atoms with Gasteiger partial charge in [0.2, 0.25) is 17.6 Å². The Kier molecular flexibility index (Phi) is 4.53. The Balaban J connectivity index is 0.00000147. The number of ether oxygens (including phenoxy) is 1. The van der Waals surface area contributed by atoms with Crippen LogP contribution in [-0.2, 0) is 0 Å². The number of aliphatic hydroxyl groups excluding tert-OH is 1. The molecule has 0 radical (unpaired) electrons.